The van der Waals surface area contributed by atoms with E-state index in [0.717, 1.165) is 58.3 Å². The smallest absolute Gasteiger partial charge is 0.407 e. The molecule has 5 N–H and O–H groups in total. The summed E-state index contributed by atoms with van der Waals surface area (Å²) in [6, 6.07) is 16.3. The van der Waals surface area contributed by atoms with Gasteiger partial charge in [0.05, 0.1) is 36.9 Å². The Labute approximate surface area is 338 Å². The molecule has 1 aliphatic heterocycles. The summed E-state index contributed by atoms with van der Waals surface area (Å²) in [4.78, 5) is 57.3. The Hall–Kier alpha value is -5.76. The number of carbonyl (C=O) groups is 3. The van der Waals surface area contributed by atoms with Crippen molar-refractivity contribution in [2.45, 2.75) is 70.4 Å². The predicted octanol–water partition coefficient (Wildman–Crippen LogP) is 6.81. The molecule has 5 atom stereocenters. The lowest BCUT2D eigenvalue weighted by Gasteiger charge is -2.29. The number of methoxy groups -OCH3 is 1. The highest BCUT2D eigenvalue weighted by molar-refractivity contribution is 6.31. The van der Waals surface area contributed by atoms with Gasteiger partial charge in [-0.05, 0) is 72.1 Å². The van der Waals surface area contributed by atoms with Gasteiger partial charge in [0, 0.05) is 38.1 Å². The second-order valence-electron chi connectivity index (χ2n) is 14.9. The van der Waals surface area contributed by atoms with Gasteiger partial charge in [0.1, 0.15) is 11.9 Å². The molecule has 2 aromatic carbocycles. The number of aromatic nitrogens is 4. The summed E-state index contributed by atoms with van der Waals surface area (Å²) in [5, 5.41) is 6.15. The first-order valence-electron chi connectivity index (χ1n) is 19.4. The fourth-order valence-corrected chi connectivity index (χ4v) is 8.19. The molecule has 3 aliphatic rings. The second kappa shape index (κ2) is 19.4. The Morgan fingerprint density at radius 1 is 0.982 bits per heavy atom. The summed E-state index contributed by atoms with van der Waals surface area (Å²) >= 11 is 5.57. The molecule has 300 valence electrons. The maximum Gasteiger partial charge on any atom is 0.407 e. The van der Waals surface area contributed by atoms with E-state index in [1.54, 1.807) is 11.1 Å². The Morgan fingerprint density at radius 3 is 2.33 bits per heavy atom. The predicted molar refractivity (Wildman–Crippen MR) is 222 cm³/mol. The Balaban J connectivity index is 0.000000432. The topological polar surface area (TPSA) is 179 Å². The number of aliphatic imine (C=N–C) groups is 1. The number of anilines is 1. The van der Waals surface area contributed by atoms with Gasteiger partial charge >= 0.3 is 6.09 Å². The van der Waals surface area contributed by atoms with Gasteiger partial charge in [-0.15, -0.1) is 0 Å². The molecule has 0 spiro atoms. The van der Waals surface area contributed by atoms with E-state index in [9.17, 15) is 14.4 Å². The van der Waals surface area contributed by atoms with Crippen molar-refractivity contribution in [3.8, 4) is 22.4 Å². The highest BCUT2D eigenvalue weighted by atomic mass is 35.5. The van der Waals surface area contributed by atoms with Crippen LogP contribution in [0.25, 0.3) is 28.1 Å². The molecule has 2 bridgehead atoms. The first-order valence-corrected chi connectivity index (χ1v) is 19.8. The SMILES string of the molecule is CN/C(=C\N=CC1CCCN1C(=O)C(NC(=O)OC)C(C)C)c1ccc(-c2ccc(-c3cnc([C@@H]4CC5CCC4C5)[nH]3)cc2)cc1.O=CNNc1nccnc1Cl. The molecule has 4 aromatic rings. The van der Waals surface area contributed by atoms with Gasteiger partial charge < -0.3 is 25.3 Å². The van der Waals surface area contributed by atoms with E-state index >= 15 is 0 Å². The molecular formula is C42H51ClN10O4. The molecule has 3 amide bonds. The number of alkyl carbamates (subject to hydrolysis) is 1. The van der Waals surface area contributed by atoms with Crippen LogP contribution in [-0.4, -0.2) is 82.2 Å². The number of nitrogens with one attached hydrogen (secondary N) is 5. The van der Waals surface area contributed by atoms with Crippen molar-refractivity contribution in [1.29, 1.82) is 0 Å². The lowest BCUT2D eigenvalue weighted by molar-refractivity contribution is -0.134. The van der Waals surface area contributed by atoms with E-state index in [4.69, 9.17) is 21.3 Å². The Bertz CT molecular complexity index is 2030. The first-order chi connectivity index (χ1) is 27.7. The van der Waals surface area contributed by atoms with Crippen molar-refractivity contribution in [3.05, 3.63) is 89.9 Å². The lowest BCUT2D eigenvalue weighted by atomic mass is 9.88. The monoisotopic (exact) mass is 794 g/mol. The maximum atomic E-state index is 13.3. The number of halogens is 1. The van der Waals surface area contributed by atoms with Gasteiger partial charge in [-0.1, -0.05) is 80.4 Å². The molecule has 7 rings (SSSR count). The van der Waals surface area contributed by atoms with Crippen molar-refractivity contribution in [1.82, 2.24) is 40.9 Å². The summed E-state index contributed by atoms with van der Waals surface area (Å²) in [6.45, 7) is 4.46. The molecule has 0 radical (unpaired) electrons. The van der Waals surface area contributed by atoms with E-state index in [-0.39, 0.29) is 23.0 Å². The number of hydrogen-bond donors (Lipinski definition) is 5. The molecule has 4 unspecified atom stereocenters. The number of nitrogens with zero attached hydrogens (tertiary/aromatic N) is 5. The summed E-state index contributed by atoms with van der Waals surface area (Å²) in [5.74, 6) is 3.64. The van der Waals surface area contributed by atoms with Crippen LogP contribution in [0.1, 0.15) is 69.7 Å². The van der Waals surface area contributed by atoms with Gasteiger partial charge in [0.2, 0.25) is 12.3 Å². The van der Waals surface area contributed by atoms with Crippen molar-refractivity contribution in [2.24, 2.45) is 22.7 Å². The van der Waals surface area contributed by atoms with Crippen LogP contribution >= 0.6 is 11.6 Å². The third-order valence-corrected chi connectivity index (χ3v) is 11.3. The first kappa shape index (κ1) is 40.9. The molecular weight excluding hydrogens is 744 g/mol. The minimum Gasteiger partial charge on any atom is -0.453 e. The second-order valence-corrected chi connectivity index (χ2v) is 15.2. The van der Waals surface area contributed by atoms with Gasteiger partial charge in [-0.25, -0.2) is 19.7 Å². The highest BCUT2D eigenvalue weighted by Gasteiger charge is 2.41. The molecule has 1 saturated heterocycles. The number of fused-ring (bicyclic) bond motifs is 2. The van der Waals surface area contributed by atoms with E-state index in [0.29, 0.717) is 24.7 Å². The van der Waals surface area contributed by atoms with Crippen LogP contribution in [0.3, 0.4) is 0 Å². The van der Waals surface area contributed by atoms with Crippen molar-refractivity contribution < 1.29 is 19.1 Å². The van der Waals surface area contributed by atoms with Gasteiger partial charge in [0.25, 0.3) is 0 Å². The number of imidazole rings is 1. The minimum absolute atomic E-state index is 0.0673. The van der Waals surface area contributed by atoms with Crippen molar-refractivity contribution in [3.63, 3.8) is 0 Å². The van der Waals surface area contributed by atoms with Gasteiger partial charge in [0.15, 0.2) is 11.0 Å². The number of ether oxygens (including phenoxy) is 1. The Kier molecular flexibility index (Phi) is 13.9. The average Bonchev–Trinajstić information content (AvgIpc) is 4.08. The number of aromatic amines is 1. The number of amides is 3. The molecule has 15 heteroatoms. The molecule has 2 aromatic heterocycles. The van der Waals surface area contributed by atoms with Crippen LogP contribution in [0.15, 0.2) is 78.3 Å². The fraction of sp³-hybridized carbons (Fsp3) is 0.405. The molecule has 57 heavy (non-hydrogen) atoms. The highest BCUT2D eigenvalue weighted by Crippen LogP contribution is 2.52. The molecule has 14 nitrogen and oxygen atoms in total. The largest absolute Gasteiger partial charge is 0.453 e. The quantitative estimate of drug-likeness (QED) is 0.0553. The van der Waals surface area contributed by atoms with Crippen LogP contribution in [0.2, 0.25) is 5.15 Å². The number of hydrazine groups is 1. The van der Waals surface area contributed by atoms with Crippen LogP contribution < -0.4 is 21.5 Å². The zero-order valence-electron chi connectivity index (χ0n) is 32.7. The minimum atomic E-state index is -0.644. The average molecular weight is 795 g/mol. The van der Waals surface area contributed by atoms with E-state index in [1.807, 2.05) is 33.3 Å². The molecule has 2 saturated carbocycles. The molecule has 3 fully saturated rings. The normalized spacial score (nSPS) is 20.5. The number of rotatable bonds is 13. The van der Waals surface area contributed by atoms with Crippen LogP contribution in [0, 0.1) is 17.8 Å². The third kappa shape index (κ3) is 10.2. The summed E-state index contributed by atoms with van der Waals surface area (Å²) in [7, 11) is 3.18. The van der Waals surface area contributed by atoms with E-state index in [1.165, 1.54) is 51.0 Å². The van der Waals surface area contributed by atoms with Crippen LogP contribution in [0.5, 0.6) is 0 Å². The van der Waals surface area contributed by atoms with Crippen LogP contribution in [-0.2, 0) is 14.3 Å². The Morgan fingerprint density at radius 2 is 1.70 bits per heavy atom. The van der Waals surface area contributed by atoms with Crippen LogP contribution in [0.4, 0.5) is 10.6 Å². The summed E-state index contributed by atoms with van der Waals surface area (Å²) < 4.78 is 4.73. The third-order valence-electron chi connectivity index (χ3n) is 11.0. The fourth-order valence-electron chi connectivity index (χ4n) is 8.04. The zero-order chi connectivity index (χ0) is 40.3. The number of benzene rings is 2. The number of H-pyrrole nitrogens is 1. The lowest BCUT2D eigenvalue weighted by Crippen LogP contribution is -2.52. The van der Waals surface area contributed by atoms with E-state index < -0.39 is 12.1 Å². The summed E-state index contributed by atoms with van der Waals surface area (Å²) in [5.41, 5.74) is 11.1. The maximum absolute atomic E-state index is 13.3. The standard InChI is InChI=1S/C37H46N6O3.C5H5ClN4O/c1-23(2)34(42-37(45)46-4)36(44)43-17-5-6-30(43)20-39-21-32(38-3)27-13-9-25(10-14-27)26-11-15-28(16-12-26)33-22-40-35(41-33)31-19-24-7-8-29(31)18-24;6-4-5(10-9-3-11)8-2-1-7-4/h9-16,20-24,29-31,34,38H,5-8,17-19H2,1-4H3,(H,40,41)(H,42,45);1-3H,(H,8,10)(H,9,11)/b32-21-,39-20?;/t24?,29?,30?,31-,34?;/m1./s1. The zero-order valence-corrected chi connectivity index (χ0v) is 33.5. The van der Waals surface area contributed by atoms with Gasteiger partial charge in [-0.2, -0.15) is 0 Å². The van der Waals surface area contributed by atoms with Gasteiger partial charge in [-0.3, -0.25) is 25.4 Å². The summed E-state index contributed by atoms with van der Waals surface area (Å²) in [6.07, 6.45) is 15.6. The van der Waals surface area contributed by atoms with Crippen molar-refractivity contribution >= 4 is 47.7 Å². The van der Waals surface area contributed by atoms with E-state index in [2.05, 4.69) is 90.0 Å². The van der Waals surface area contributed by atoms with Crippen molar-refractivity contribution in [2.75, 3.05) is 26.1 Å². The number of carbonyl (C=O) groups excluding carboxylic acids is 3. The molecule has 2 aliphatic carbocycles. The molecule has 3 heterocycles. The number of hydrogen-bond acceptors (Lipinski definition) is 10. The number of likely N-dealkylation sites (tertiary alicyclic amines) is 1.